The SMILES string of the molecule is CC(C)(C)NC(=O)N1CCN(C(=O)c2cccc(Br)c2)CC1. The molecule has 1 aliphatic rings. The van der Waals surface area contributed by atoms with Crippen molar-refractivity contribution in [2.24, 2.45) is 0 Å². The van der Waals surface area contributed by atoms with Gasteiger partial charge in [-0.3, -0.25) is 4.79 Å². The quantitative estimate of drug-likeness (QED) is 0.829. The molecule has 0 aromatic heterocycles. The highest BCUT2D eigenvalue weighted by Crippen LogP contribution is 2.15. The van der Waals surface area contributed by atoms with E-state index in [1.807, 2.05) is 45.0 Å². The highest BCUT2D eigenvalue weighted by Gasteiger charge is 2.26. The van der Waals surface area contributed by atoms with Crippen molar-refractivity contribution in [1.82, 2.24) is 15.1 Å². The fraction of sp³-hybridized carbons (Fsp3) is 0.500. The number of piperazine rings is 1. The highest BCUT2D eigenvalue weighted by atomic mass is 79.9. The second kappa shape index (κ2) is 6.69. The summed E-state index contributed by atoms with van der Waals surface area (Å²) >= 11 is 3.38. The highest BCUT2D eigenvalue weighted by molar-refractivity contribution is 9.10. The van der Waals surface area contributed by atoms with E-state index in [1.165, 1.54) is 0 Å². The van der Waals surface area contributed by atoms with Crippen LogP contribution in [0.1, 0.15) is 31.1 Å². The van der Waals surface area contributed by atoms with Crippen LogP contribution in [0.25, 0.3) is 0 Å². The molecule has 120 valence electrons. The van der Waals surface area contributed by atoms with E-state index in [9.17, 15) is 9.59 Å². The first-order valence-electron chi connectivity index (χ1n) is 7.38. The molecule has 1 aromatic carbocycles. The lowest BCUT2D eigenvalue weighted by atomic mass is 10.1. The van der Waals surface area contributed by atoms with Gasteiger partial charge in [-0.1, -0.05) is 22.0 Å². The van der Waals surface area contributed by atoms with Crippen LogP contribution < -0.4 is 5.32 Å². The van der Waals surface area contributed by atoms with Gasteiger partial charge >= 0.3 is 6.03 Å². The molecule has 0 saturated carbocycles. The predicted molar refractivity (Wildman–Crippen MR) is 89.9 cm³/mol. The molecule has 0 bridgehead atoms. The number of nitrogens with one attached hydrogen (secondary N) is 1. The normalized spacial score (nSPS) is 15.6. The zero-order chi connectivity index (χ0) is 16.3. The molecule has 1 aliphatic heterocycles. The van der Waals surface area contributed by atoms with Crippen molar-refractivity contribution in [2.45, 2.75) is 26.3 Å². The Morgan fingerprint density at radius 1 is 1.09 bits per heavy atom. The van der Waals surface area contributed by atoms with Gasteiger partial charge in [0, 0.05) is 41.8 Å². The number of hydrogen-bond acceptors (Lipinski definition) is 2. The minimum absolute atomic E-state index is 0.0113. The molecule has 1 N–H and O–H groups in total. The monoisotopic (exact) mass is 367 g/mol. The van der Waals surface area contributed by atoms with Crippen LogP contribution in [0.3, 0.4) is 0 Å². The van der Waals surface area contributed by atoms with Gasteiger partial charge in [-0.25, -0.2) is 4.79 Å². The first-order chi connectivity index (χ1) is 10.3. The van der Waals surface area contributed by atoms with Crippen LogP contribution in [0, 0.1) is 0 Å². The Balaban J connectivity index is 1.92. The second-order valence-electron chi connectivity index (χ2n) is 6.47. The summed E-state index contributed by atoms with van der Waals surface area (Å²) in [5.74, 6) is 0.0113. The van der Waals surface area contributed by atoms with E-state index in [4.69, 9.17) is 0 Å². The van der Waals surface area contributed by atoms with E-state index < -0.39 is 0 Å². The topological polar surface area (TPSA) is 52.7 Å². The number of rotatable bonds is 1. The van der Waals surface area contributed by atoms with Gasteiger partial charge in [0.25, 0.3) is 5.91 Å². The molecule has 1 fully saturated rings. The smallest absolute Gasteiger partial charge is 0.317 e. The third kappa shape index (κ3) is 4.47. The third-order valence-electron chi connectivity index (χ3n) is 3.41. The fourth-order valence-corrected chi connectivity index (χ4v) is 2.72. The van der Waals surface area contributed by atoms with Crippen molar-refractivity contribution >= 4 is 27.9 Å². The minimum atomic E-state index is -0.250. The number of carbonyl (C=O) groups excluding carboxylic acids is 2. The number of amides is 3. The van der Waals surface area contributed by atoms with Crippen molar-refractivity contribution < 1.29 is 9.59 Å². The first kappa shape index (κ1) is 16.8. The molecule has 3 amide bonds. The maximum atomic E-state index is 12.4. The number of halogens is 1. The molecular formula is C16H22BrN3O2. The summed E-state index contributed by atoms with van der Waals surface area (Å²) in [7, 11) is 0. The summed E-state index contributed by atoms with van der Waals surface area (Å²) in [5, 5.41) is 2.95. The average molecular weight is 368 g/mol. The zero-order valence-electron chi connectivity index (χ0n) is 13.2. The van der Waals surface area contributed by atoms with Crippen molar-refractivity contribution in [1.29, 1.82) is 0 Å². The molecule has 0 aliphatic carbocycles. The van der Waals surface area contributed by atoms with Gasteiger partial charge < -0.3 is 15.1 Å². The molecule has 0 unspecified atom stereocenters. The average Bonchev–Trinajstić information content (AvgIpc) is 2.45. The maximum absolute atomic E-state index is 12.4. The van der Waals surface area contributed by atoms with E-state index in [0.29, 0.717) is 31.7 Å². The van der Waals surface area contributed by atoms with Crippen LogP contribution in [-0.2, 0) is 0 Å². The summed E-state index contributed by atoms with van der Waals surface area (Å²) in [5.41, 5.74) is 0.419. The number of nitrogens with zero attached hydrogens (tertiary/aromatic N) is 2. The van der Waals surface area contributed by atoms with Crippen LogP contribution in [0.2, 0.25) is 0 Å². The Bertz CT molecular complexity index is 561. The summed E-state index contributed by atoms with van der Waals surface area (Å²) in [6.45, 7) is 8.10. The van der Waals surface area contributed by atoms with Crippen LogP contribution in [-0.4, -0.2) is 53.5 Å². The number of benzene rings is 1. The molecule has 0 spiro atoms. The van der Waals surface area contributed by atoms with Crippen LogP contribution in [0.4, 0.5) is 4.79 Å². The van der Waals surface area contributed by atoms with E-state index >= 15 is 0 Å². The molecule has 22 heavy (non-hydrogen) atoms. The summed E-state index contributed by atoms with van der Waals surface area (Å²) in [4.78, 5) is 28.1. The standard InChI is InChI=1S/C16H22BrN3O2/c1-16(2,3)18-15(22)20-9-7-19(8-10-20)14(21)12-5-4-6-13(17)11-12/h4-6,11H,7-10H2,1-3H3,(H,18,22). The van der Waals surface area contributed by atoms with Crippen molar-refractivity contribution in [2.75, 3.05) is 26.2 Å². The maximum Gasteiger partial charge on any atom is 0.317 e. The summed E-state index contributed by atoms with van der Waals surface area (Å²) in [6.07, 6.45) is 0. The Kier molecular flexibility index (Phi) is 5.11. The Morgan fingerprint density at radius 3 is 2.23 bits per heavy atom. The Hall–Kier alpha value is -1.56. The number of hydrogen-bond donors (Lipinski definition) is 1. The Labute approximate surface area is 139 Å². The van der Waals surface area contributed by atoms with Crippen LogP contribution >= 0.6 is 15.9 Å². The van der Waals surface area contributed by atoms with Gasteiger partial charge in [0.05, 0.1) is 0 Å². The Morgan fingerprint density at radius 2 is 1.68 bits per heavy atom. The molecule has 2 rings (SSSR count). The zero-order valence-corrected chi connectivity index (χ0v) is 14.8. The summed E-state index contributed by atoms with van der Waals surface area (Å²) in [6, 6.07) is 7.31. The van der Waals surface area contributed by atoms with Crippen molar-refractivity contribution in [3.05, 3.63) is 34.3 Å². The van der Waals surface area contributed by atoms with Gasteiger partial charge in [-0.2, -0.15) is 0 Å². The van der Waals surface area contributed by atoms with E-state index in [0.717, 1.165) is 4.47 Å². The minimum Gasteiger partial charge on any atom is -0.335 e. The lowest BCUT2D eigenvalue weighted by molar-refractivity contribution is 0.0661. The second-order valence-corrected chi connectivity index (χ2v) is 7.39. The van der Waals surface area contributed by atoms with Gasteiger partial charge in [-0.15, -0.1) is 0 Å². The van der Waals surface area contributed by atoms with Crippen LogP contribution in [0.5, 0.6) is 0 Å². The van der Waals surface area contributed by atoms with E-state index in [2.05, 4.69) is 21.2 Å². The van der Waals surface area contributed by atoms with Gasteiger partial charge in [0.2, 0.25) is 0 Å². The number of carbonyl (C=O) groups is 2. The fourth-order valence-electron chi connectivity index (χ4n) is 2.32. The molecule has 1 heterocycles. The predicted octanol–water partition coefficient (Wildman–Crippen LogP) is 2.72. The van der Waals surface area contributed by atoms with Gasteiger partial charge in [-0.05, 0) is 39.0 Å². The van der Waals surface area contributed by atoms with Crippen molar-refractivity contribution in [3.8, 4) is 0 Å². The van der Waals surface area contributed by atoms with Crippen molar-refractivity contribution in [3.63, 3.8) is 0 Å². The molecule has 0 radical (unpaired) electrons. The number of urea groups is 1. The lowest BCUT2D eigenvalue weighted by Gasteiger charge is -2.36. The first-order valence-corrected chi connectivity index (χ1v) is 8.17. The van der Waals surface area contributed by atoms with E-state index in [1.54, 1.807) is 9.80 Å². The molecule has 5 nitrogen and oxygen atoms in total. The molecule has 0 atom stereocenters. The van der Waals surface area contributed by atoms with Gasteiger partial charge in [0.15, 0.2) is 0 Å². The van der Waals surface area contributed by atoms with Crippen LogP contribution in [0.15, 0.2) is 28.7 Å². The largest absolute Gasteiger partial charge is 0.335 e. The van der Waals surface area contributed by atoms with E-state index in [-0.39, 0.29) is 17.5 Å². The summed E-state index contributed by atoms with van der Waals surface area (Å²) < 4.78 is 0.890. The molecular weight excluding hydrogens is 346 g/mol. The molecule has 1 saturated heterocycles. The lowest BCUT2D eigenvalue weighted by Crippen LogP contribution is -2.56. The third-order valence-corrected chi connectivity index (χ3v) is 3.90. The molecule has 1 aromatic rings. The van der Waals surface area contributed by atoms with Gasteiger partial charge in [0.1, 0.15) is 0 Å². The molecule has 6 heteroatoms.